The summed E-state index contributed by atoms with van der Waals surface area (Å²) in [5, 5.41) is 1.61. The van der Waals surface area contributed by atoms with Gasteiger partial charge in [0.1, 0.15) is 23.2 Å². The molecular weight excluding hydrogens is 427 g/mol. The van der Waals surface area contributed by atoms with E-state index in [1.807, 2.05) is 24.3 Å². The van der Waals surface area contributed by atoms with Crippen LogP contribution >= 0.6 is 0 Å². The third-order valence-electron chi connectivity index (χ3n) is 5.98. The van der Waals surface area contributed by atoms with E-state index >= 15 is 0 Å². The van der Waals surface area contributed by atoms with Gasteiger partial charge in [0, 0.05) is 0 Å². The van der Waals surface area contributed by atoms with Crippen LogP contribution in [0, 0.1) is 11.7 Å². The molecule has 8 heteroatoms. The van der Waals surface area contributed by atoms with Crippen LogP contribution in [0.5, 0.6) is 11.5 Å². The SMILES string of the molecule is COc1ccc([C@H]2[C@H]3C(=O)N(c4ccc(F)cc4)C(=O)[C@@H]3ON2c2ccc(OC)cc2)cc1. The molecule has 2 aliphatic rings. The molecule has 2 fully saturated rings. The number of nitrogens with zero attached hydrogens (tertiary/aromatic N) is 2. The second-order valence-electron chi connectivity index (χ2n) is 7.78. The minimum Gasteiger partial charge on any atom is -0.497 e. The molecule has 0 unspecified atom stereocenters. The Kier molecular flexibility index (Phi) is 5.22. The van der Waals surface area contributed by atoms with Crippen LogP contribution in [0.4, 0.5) is 15.8 Å². The molecule has 0 spiro atoms. The standard InChI is InChI=1S/C25H21FN2O5/c1-31-19-11-3-15(4-12-19)22-21-23(33-28(22)18-9-13-20(32-2)14-10-18)25(30)27(24(21)29)17-7-5-16(26)6-8-17/h3-14,21-23H,1-2H3/t21-,22+,23-/m1/s1. The van der Waals surface area contributed by atoms with Gasteiger partial charge < -0.3 is 9.47 Å². The van der Waals surface area contributed by atoms with Gasteiger partial charge in [-0.15, -0.1) is 0 Å². The van der Waals surface area contributed by atoms with E-state index in [0.717, 1.165) is 10.5 Å². The number of amides is 2. The van der Waals surface area contributed by atoms with Gasteiger partial charge >= 0.3 is 0 Å². The number of hydrogen-bond donors (Lipinski definition) is 0. The first-order valence-corrected chi connectivity index (χ1v) is 10.4. The van der Waals surface area contributed by atoms with Crippen LogP contribution in [-0.4, -0.2) is 32.1 Å². The number of imide groups is 1. The zero-order valence-electron chi connectivity index (χ0n) is 18.0. The largest absolute Gasteiger partial charge is 0.497 e. The van der Waals surface area contributed by atoms with E-state index in [9.17, 15) is 14.0 Å². The number of carbonyl (C=O) groups is 2. The van der Waals surface area contributed by atoms with Gasteiger partial charge in [0.15, 0.2) is 6.10 Å². The number of methoxy groups -OCH3 is 2. The predicted molar refractivity (Wildman–Crippen MR) is 118 cm³/mol. The highest BCUT2D eigenvalue weighted by Gasteiger charge is 2.60. The summed E-state index contributed by atoms with van der Waals surface area (Å²) < 4.78 is 23.9. The smallest absolute Gasteiger partial charge is 0.266 e. The fourth-order valence-electron chi connectivity index (χ4n) is 4.35. The van der Waals surface area contributed by atoms with Gasteiger partial charge in [-0.3, -0.25) is 14.4 Å². The fourth-order valence-corrected chi connectivity index (χ4v) is 4.35. The molecule has 0 radical (unpaired) electrons. The molecule has 3 atom stereocenters. The maximum absolute atomic E-state index is 13.5. The van der Waals surface area contributed by atoms with Gasteiger partial charge in [-0.05, 0) is 66.2 Å². The Morgan fingerprint density at radius 1 is 0.758 bits per heavy atom. The number of carbonyl (C=O) groups excluding carboxylic acids is 2. The molecule has 5 rings (SSSR count). The van der Waals surface area contributed by atoms with Gasteiger partial charge in [-0.1, -0.05) is 12.1 Å². The van der Waals surface area contributed by atoms with Gasteiger partial charge in [-0.25, -0.2) is 14.4 Å². The van der Waals surface area contributed by atoms with Crippen molar-refractivity contribution < 1.29 is 28.3 Å². The number of halogens is 1. The number of anilines is 2. The van der Waals surface area contributed by atoms with Crippen molar-refractivity contribution in [3.05, 3.63) is 84.2 Å². The van der Waals surface area contributed by atoms with Crippen molar-refractivity contribution in [1.29, 1.82) is 0 Å². The van der Waals surface area contributed by atoms with Crippen LogP contribution in [0.15, 0.2) is 72.8 Å². The van der Waals surface area contributed by atoms with Gasteiger partial charge in [0.05, 0.1) is 31.6 Å². The average Bonchev–Trinajstić information content (AvgIpc) is 3.36. The topological polar surface area (TPSA) is 68.3 Å². The number of benzene rings is 3. The van der Waals surface area contributed by atoms with E-state index in [0.29, 0.717) is 22.9 Å². The molecule has 33 heavy (non-hydrogen) atoms. The van der Waals surface area contributed by atoms with Crippen molar-refractivity contribution in [2.75, 3.05) is 24.2 Å². The highest BCUT2D eigenvalue weighted by Crippen LogP contribution is 2.47. The van der Waals surface area contributed by atoms with Crippen molar-refractivity contribution in [2.24, 2.45) is 5.92 Å². The Balaban J connectivity index is 1.56. The van der Waals surface area contributed by atoms with Gasteiger partial charge in [-0.2, -0.15) is 0 Å². The third kappa shape index (κ3) is 3.48. The van der Waals surface area contributed by atoms with E-state index in [2.05, 4.69) is 0 Å². The lowest BCUT2D eigenvalue weighted by Gasteiger charge is -2.29. The quantitative estimate of drug-likeness (QED) is 0.552. The molecule has 0 bridgehead atoms. The minimum atomic E-state index is -1.00. The summed E-state index contributed by atoms with van der Waals surface area (Å²) in [6.45, 7) is 0. The summed E-state index contributed by atoms with van der Waals surface area (Å²) in [4.78, 5) is 34.0. The molecule has 3 aromatic carbocycles. The summed E-state index contributed by atoms with van der Waals surface area (Å²) in [5.41, 5.74) is 1.79. The minimum absolute atomic E-state index is 0.314. The Morgan fingerprint density at radius 3 is 1.88 bits per heavy atom. The van der Waals surface area contributed by atoms with Crippen LogP contribution in [0.1, 0.15) is 11.6 Å². The monoisotopic (exact) mass is 448 g/mol. The molecule has 2 saturated heterocycles. The highest BCUT2D eigenvalue weighted by atomic mass is 19.1. The van der Waals surface area contributed by atoms with Gasteiger partial charge in [0.2, 0.25) is 5.91 Å². The van der Waals surface area contributed by atoms with E-state index in [1.165, 1.54) is 24.3 Å². The number of rotatable bonds is 5. The molecule has 0 aliphatic carbocycles. The zero-order chi connectivity index (χ0) is 23.1. The van der Waals surface area contributed by atoms with Crippen molar-refractivity contribution >= 4 is 23.2 Å². The third-order valence-corrected chi connectivity index (χ3v) is 5.98. The maximum Gasteiger partial charge on any atom is 0.266 e. The average molecular weight is 448 g/mol. The molecule has 0 N–H and O–H groups in total. The van der Waals surface area contributed by atoms with Crippen LogP contribution in [0.3, 0.4) is 0 Å². The summed E-state index contributed by atoms with van der Waals surface area (Å²) in [5.74, 6) is -0.755. The molecule has 2 heterocycles. The van der Waals surface area contributed by atoms with Crippen LogP contribution in [0.25, 0.3) is 0 Å². The van der Waals surface area contributed by atoms with Crippen LogP contribution < -0.4 is 19.4 Å². The lowest BCUT2D eigenvalue weighted by atomic mass is 9.90. The number of hydroxylamine groups is 1. The lowest BCUT2D eigenvalue weighted by molar-refractivity contribution is -0.126. The van der Waals surface area contributed by atoms with Crippen LogP contribution in [-0.2, 0) is 14.4 Å². The van der Waals surface area contributed by atoms with Crippen molar-refractivity contribution in [1.82, 2.24) is 0 Å². The predicted octanol–water partition coefficient (Wildman–Crippen LogP) is 3.89. The molecule has 3 aromatic rings. The highest BCUT2D eigenvalue weighted by molar-refractivity contribution is 6.23. The van der Waals surface area contributed by atoms with E-state index in [1.54, 1.807) is 43.5 Å². The summed E-state index contributed by atoms with van der Waals surface area (Å²) in [7, 11) is 3.15. The van der Waals surface area contributed by atoms with Crippen LogP contribution in [0.2, 0.25) is 0 Å². The molecule has 2 aliphatic heterocycles. The number of ether oxygens (including phenoxy) is 2. The first-order chi connectivity index (χ1) is 16.0. The van der Waals surface area contributed by atoms with E-state index < -0.39 is 35.7 Å². The fraction of sp³-hybridized carbons (Fsp3) is 0.200. The normalized spacial score (nSPS) is 22.0. The number of hydrogen-bond acceptors (Lipinski definition) is 6. The number of fused-ring (bicyclic) bond motifs is 1. The first-order valence-electron chi connectivity index (χ1n) is 10.4. The Hall–Kier alpha value is -3.91. The molecule has 2 amide bonds. The van der Waals surface area contributed by atoms with E-state index in [-0.39, 0.29) is 0 Å². The second kappa shape index (κ2) is 8.22. The van der Waals surface area contributed by atoms with Gasteiger partial charge in [0.25, 0.3) is 5.91 Å². The van der Waals surface area contributed by atoms with Crippen molar-refractivity contribution in [2.45, 2.75) is 12.1 Å². The Morgan fingerprint density at radius 2 is 1.30 bits per heavy atom. The lowest BCUT2D eigenvalue weighted by Crippen LogP contribution is -2.37. The van der Waals surface area contributed by atoms with Crippen molar-refractivity contribution in [3.63, 3.8) is 0 Å². The second-order valence-corrected chi connectivity index (χ2v) is 7.78. The molecular formula is C25H21FN2O5. The summed E-state index contributed by atoms with van der Waals surface area (Å²) in [6.07, 6.45) is -1.00. The first kappa shape index (κ1) is 21.0. The molecule has 0 aromatic heterocycles. The Labute approximate surface area is 189 Å². The maximum atomic E-state index is 13.5. The molecule has 7 nitrogen and oxygen atoms in total. The summed E-state index contributed by atoms with van der Waals surface area (Å²) >= 11 is 0. The zero-order valence-corrected chi connectivity index (χ0v) is 18.0. The molecule has 0 saturated carbocycles. The van der Waals surface area contributed by atoms with E-state index in [4.69, 9.17) is 14.3 Å². The molecule has 168 valence electrons. The summed E-state index contributed by atoms with van der Waals surface area (Å²) in [6, 6.07) is 19.2. The Bertz CT molecular complexity index is 1180. The van der Waals surface area contributed by atoms with Crippen molar-refractivity contribution in [3.8, 4) is 11.5 Å².